The summed E-state index contributed by atoms with van der Waals surface area (Å²) in [5.74, 6) is 1.84. The zero-order valence-corrected chi connectivity index (χ0v) is 16.7. The van der Waals surface area contributed by atoms with Crippen molar-refractivity contribution in [3.05, 3.63) is 63.1 Å². The van der Waals surface area contributed by atoms with Crippen LogP contribution >= 0.6 is 46.6 Å². The highest BCUT2D eigenvalue weighted by molar-refractivity contribution is 7.98. The van der Waals surface area contributed by atoms with E-state index in [1.165, 1.54) is 0 Å². The molecule has 0 saturated heterocycles. The van der Waals surface area contributed by atoms with E-state index in [-0.39, 0.29) is 5.91 Å². The van der Waals surface area contributed by atoms with Crippen LogP contribution in [0.1, 0.15) is 12.5 Å². The summed E-state index contributed by atoms with van der Waals surface area (Å²) in [4.78, 5) is 12.1. The minimum absolute atomic E-state index is 0.170. The van der Waals surface area contributed by atoms with Gasteiger partial charge in [-0.25, -0.2) is 0 Å². The number of hydrogen-bond acceptors (Lipinski definition) is 3. The van der Waals surface area contributed by atoms with Gasteiger partial charge in [-0.2, -0.15) is 11.8 Å². The van der Waals surface area contributed by atoms with E-state index in [1.807, 2.05) is 18.2 Å². The normalized spacial score (nSPS) is 11.8. The lowest BCUT2D eigenvalue weighted by Gasteiger charge is -2.15. The molecule has 1 amide bonds. The molecule has 0 unspecified atom stereocenters. The molecule has 0 aliphatic heterocycles. The highest BCUT2D eigenvalue weighted by Gasteiger charge is 2.14. The number of thioether (sulfide) groups is 1. The molecule has 0 aromatic heterocycles. The molecule has 1 N–H and O–H groups in total. The van der Waals surface area contributed by atoms with Crippen molar-refractivity contribution >= 4 is 52.5 Å². The Morgan fingerprint density at radius 2 is 1.84 bits per heavy atom. The Kier molecular flexibility index (Phi) is 8.24. The zero-order valence-electron chi connectivity index (χ0n) is 13.6. The molecule has 2 rings (SSSR count). The van der Waals surface area contributed by atoms with E-state index in [4.69, 9.17) is 39.5 Å². The lowest BCUT2D eigenvalue weighted by atomic mass is 10.2. The van der Waals surface area contributed by atoms with Gasteiger partial charge in [0.05, 0.1) is 0 Å². The van der Waals surface area contributed by atoms with Gasteiger partial charge in [0.15, 0.2) is 6.10 Å². The molecule has 2 aromatic carbocycles. The first-order chi connectivity index (χ1) is 12.0. The number of nitrogens with one attached hydrogen (secondary N) is 1. The fraction of sp³-hybridized carbons (Fsp3) is 0.278. The van der Waals surface area contributed by atoms with Crippen LogP contribution in [0.4, 0.5) is 0 Å². The summed E-state index contributed by atoms with van der Waals surface area (Å²) in [5.41, 5.74) is 0.916. The molecule has 0 heterocycles. The summed E-state index contributed by atoms with van der Waals surface area (Å²) in [5, 5.41) is 4.74. The number of hydrogen-bond donors (Lipinski definition) is 1. The summed E-state index contributed by atoms with van der Waals surface area (Å²) in [6, 6.07) is 12.4. The monoisotopic (exact) mass is 417 g/mol. The van der Waals surface area contributed by atoms with Crippen LogP contribution in [0.25, 0.3) is 0 Å². The third kappa shape index (κ3) is 6.63. The fourth-order valence-corrected chi connectivity index (χ4v) is 3.81. The predicted octanol–water partition coefficient (Wildman–Crippen LogP) is 5.46. The highest BCUT2D eigenvalue weighted by atomic mass is 35.5. The molecule has 3 nitrogen and oxygen atoms in total. The van der Waals surface area contributed by atoms with Gasteiger partial charge in [-0.1, -0.05) is 46.9 Å². The van der Waals surface area contributed by atoms with Crippen LogP contribution in [0, 0.1) is 0 Å². The summed E-state index contributed by atoms with van der Waals surface area (Å²) in [7, 11) is 0. The van der Waals surface area contributed by atoms with Crippen molar-refractivity contribution in [2.75, 3.05) is 12.3 Å². The van der Waals surface area contributed by atoms with Gasteiger partial charge in [-0.05, 0) is 42.8 Å². The van der Waals surface area contributed by atoms with Gasteiger partial charge < -0.3 is 10.1 Å². The molecular weight excluding hydrogens is 401 g/mol. The summed E-state index contributed by atoms with van der Waals surface area (Å²) >= 11 is 19.8. The van der Waals surface area contributed by atoms with Crippen LogP contribution in [0.5, 0.6) is 5.75 Å². The van der Waals surface area contributed by atoms with Crippen LogP contribution in [-0.4, -0.2) is 24.3 Å². The first-order valence-electron chi connectivity index (χ1n) is 7.68. The van der Waals surface area contributed by atoms with Gasteiger partial charge in [0.1, 0.15) is 5.75 Å². The largest absolute Gasteiger partial charge is 0.481 e. The van der Waals surface area contributed by atoms with Gasteiger partial charge >= 0.3 is 0 Å². The quantitative estimate of drug-likeness (QED) is 0.578. The molecule has 0 bridgehead atoms. The predicted molar refractivity (Wildman–Crippen MR) is 107 cm³/mol. The number of ether oxygens (including phenoxy) is 1. The van der Waals surface area contributed by atoms with E-state index in [9.17, 15) is 4.79 Å². The minimum Gasteiger partial charge on any atom is -0.481 e. The number of halogens is 3. The van der Waals surface area contributed by atoms with Crippen molar-refractivity contribution in [2.24, 2.45) is 0 Å². The van der Waals surface area contributed by atoms with Crippen LogP contribution in [0.2, 0.25) is 15.1 Å². The number of benzene rings is 2. The van der Waals surface area contributed by atoms with Crippen molar-refractivity contribution in [3.8, 4) is 5.75 Å². The maximum absolute atomic E-state index is 12.1. The minimum atomic E-state index is -0.596. The van der Waals surface area contributed by atoms with Crippen LogP contribution in [0.3, 0.4) is 0 Å². The molecule has 1 atom stereocenters. The molecule has 7 heteroatoms. The molecule has 0 aliphatic rings. The average molecular weight is 419 g/mol. The van der Waals surface area contributed by atoms with Gasteiger partial charge in [-0.15, -0.1) is 0 Å². The second-order valence-electron chi connectivity index (χ2n) is 5.26. The first kappa shape index (κ1) is 20.2. The standard InChI is InChI=1S/C18H18Cl3NO2S/c1-12(24-14-5-2-4-13(19)10-14)18(23)22-8-9-25-11-15-16(20)6-3-7-17(15)21/h2-7,10,12H,8-9,11H2,1H3,(H,22,23)/t12-/m0/s1. The summed E-state index contributed by atoms with van der Waals surface area (Å²) < 4.78 is 5.58. The molecule has 0 aliphatic carbocycles. The summed E-state index contributed by atoms with van der Waals surface area (Å²) in [6.45, 7) is 2.24. The third-order valence-electron chi connectivity index (χ3n) is 3.33. The van der Waals surface area contributed by atoms with E-state index in [0.717, 1.165) is 11.3 Å². The van der Waals surface area contributed by atoms with Gasteiger partial charge in [0.2, 0.25) is 0 Å². The molecule has 0 radical (unpaired) electrons. The van der Waals surface area contributed by atoms with Crippen LogP contribution < -0.4 is 10.1 Å². The van der Waals surface area contributed by atoms with E-state index in [2.05, 4.69) is 5.32 Å². The Bertz CT molecular complexity index is 707. The lowest BCUT2D eigenvalue weighted by Crippen LogP contribution is -2.37. The maximum Gasteiger partial charge on any atom is 0.260 e. The highest BCUT2D eigenvalue weighted by Crippen LogP contribution is 2.28. The number of carbonyl (C=O) groups excluding carboxylic acids is 1. The molecular formula is C18H18Cl3NO2S. The lowest BCUT2D eigenvalue weighted by molar-refractivity contribution is -0.127. The smallest absolute Gasteiger partial charge is 0.260 e. The third-order valence-corrected chi connectivity index (χ3v) is 5.26. The maximum atomic E-state index is 12.1. The van der Waals surface area contributed by atoms with Crippen molar-refractivity contribution in [1.82, 2.24) is 5.32 Å². The Morgan fingerprint density at radius 1 is 1.16 bits per heavy atom. The van der Waals surface area contributed by atoms with E-state index in [1.54, 1.807) is 43.0 Å². The van der Waals surface area contributed by atoms with Gasteiger partial charge in [-0.3, -0.25) is 4.79 Å². The molecule has 134 valence electrons. The summed E-state index contributed by atoms with van der Waals surface area (Å²) in [6.07, 6.45) is -0.596. The molecule has 0 spiro atoms. The van der Waals surface area contributed by atoms with Crippen molar-refractivity contribution in [3.63, 3.8) is 0 Å². The van der Waals surface area contributed by atoms with Crippen LogP contribution in [0.15, 0.2) is 42.5 Å². The Labute approximate surface area is 167 Å². The zero-order chi connectivity index (χ0) is 18.2. The second kappa shape index (κ2) is 10.2. The first-order valence-corrected chi connectivity index (χ1v) is 9.97. The molecule has 0 saturated carbocycles. The van der Waals surface area contributed by atoms with Crippen molar-refractivity contribution in [2.45, 2.75) is 18.8 Å². The van der Waals surface area contributed by atoms with E-state index < -0.39 is 6.10 Å². The van der Waals surface area contributed by atoms with E-state index >= 15 is 0 Å². The van der Waals surface area contributed by atoms with Crippen LogP contribution in [-0.2, 0) is 10.5 Å². The van der Waals surface area contributed by atoms with E-state index in [0.29, 0.717) is 33.1 Å². The number of carbonyl (C=O) groups is 1. The fourth-order valence-electron chi connectivity index (χ4n) is 2.03. The Morgan fingerprint density at radius 3 is 2.52 bits per heavy atom. The number of rotatable bonds is 8. The Balaban J connectivity index is 1.69. The Hall–Kier alpha value is -1.07. The van der Waals surface area contributed by atoms with Gasteiger partial charge in [0.25, 0.3) is 5.91 Å². The SMILES string of the molecule is C[C@H](Oc1cccc(Cl)c1)C(=O)NCCSCc1c(Cl)cccc1Cl. The average Bonchev–Trinajstić information content (AvgIpc) is 2.56. The van der Waals surface area contributed by atoms with Crippen molar-refractivity contribution in [1.29, 1.82) is 0 Å². The van der Waals surface area contributed by atoms with Gasteiger partial charge in [0, 0.05) is 33.1 Å². The molecule has 0 fully saturated rings. The topological polar surface area (TPSA) is 38.3 Å². The van der Waals surface area contributed by atoms with Crippen molar-refractivity contribution < 1.29 is 9.53 Å². The molecule has 2 aromatic rings. The number of amides is 1. The second-order valence-corrected chi connectivity index (χ2v) is 7.62. The molecule has 25 heavy (non-hydrogen) atoms.